The maximum Gasteiger partial charge on any atom is 0.323 e. The van der Waals surface area contributed by atoms with Gasteiger partial charge in [0.25, 0.3) is 0 Å². The number of carbonyl (C=O) groups is 3. The molecule has 3 amide bonds. The van der Waals surface area contributed by atoms with Crippen LogP contribution in [-0.2, 0) is 14.4 Å². The number of nitrogens with zero attached hydrogens (tertiary/aromatic N) is 2. The van der Waals surface area contributed by atoms with Crippen molar-refractivity contribution in [3.8, 4) is 0 Å². The van der Waals surface area contributed by atoms with Crippen LogP contribution in [0.2, 0.25) is 0 Å². The molecule has 1 aromatic heterocycles. The molecule has 0 spiro atoms. The molecule has 0 bridgehead atoms. The van der Waals surface area contributed by atoms with E-state index in [0.29, 0.717) is 5.69 Å². The van der Waals surface area contributed by atoms with Crippen molar-refractivity contribution in [2.75, 3.05) is 16.0 Å². The van der Waals surface area contributed by atoms with E-state index in [0.717, 1.165) is 10.5 Å². The quantitative estimate of drug-likeness (QED) is 0.645. The van der Waals surface area contributed by atoms with Crippen molar-refractivity contribution >= 4 is 34.9 Å². The van der Waals surface area contributed by atoms with Crippen LogP contribution in [0, 0.1) is 6.92 Å². The van der Waals surface area contributed by atoms with Gasteiger partial charge in [-0.25, -0.2) is 9.88 Å². The molecule has 0 aliphatic carbocycles. The SMILES string of the molecule is CC(=O)N(C(=O)C(=O)Nc1cc(C)ccn1)c1ccc(N)cc1. The van der Waals surface area contributed by atoms with Gasteiger partial charge in [0, 0.05) is 18.8 Å². The molecule has 0 saturated carbocycles. The summed E-state index contributed by atoms with van der Waals surface area (Å²) in [6, 6.07) is 9.44. The number of aryl methyl sites for hydroxylation is 1. The molecule has 0 radical (unpaired) electrons. The molecule has 7 nitrogen and oxygen atoms in total. The Hall–Kier alpha value is -3.22. The molecule has 2 rings (SSSR count). The van der Waals surface area contributed by atoms with Gasteiger partial charge in [-0.1, -0.05) is 0 Å². The minimum Gasteiger partial charge on any atom is -0.399 e. The number of rotatable bonds is 2. The number of nitrogens with one attached hydrogen (secondary N) is 1. The summed E-state index contributed by atoms with van der Waals surface area (Å²) in [6.45, 7) is 3.03. The number of pyridine rings is 1. The summed E-state index contributed by atoms with van der Waals surface area (Å²) in [7, 11) is 0. The topological polar surface area (TPSA) is 105 Å². The smallest absolute Gasteiger partial charge is 0.323 e. The number of hydrogen-bond acceptors (Lipinski definition) is 5. The first-order valence-corrected chi connectivity index (χ1v) is 6.82. The molecule has 1 heterocycles. The summed E-state index contributed by atoms with van der Waals surface area (Å²) in [5, 5.41) is 2.38. The highest BCUT2D eigenvalue weighted by Gasteiger charge is 2.27. The van der Waals surface area contributed by atoms with E-state index in [4.69, 9.17) is 5.73 Å². The van der Waals surface area contributed by atoms with Crippen molar-refractivity contribution < 1.29 is 14.4 Å². The molecule has 1 aromatic carbocycles. The molecule has 0 aliphatic rings. The Balaban J connectivity index is 2.22. The van der Waals surface area contributed by atoms with Crippen LogP contribution in [-0.4, -0.2) is 22.7 Å². The maximum atomic E-state index is 12.3. The Morgan fingerprint density at radius 2 is 1.78 bits per heavy atom. The van der Waals surface area contributed by atoms with Crippen LogP contribution in [0.5, 0.6) is 0 Å². The van der Waals surface area contributed by atoms with E-state index in [-0.39, 0.29) is 11.5 Å². The number of anilines is 3. The minimum atomic E-state index is -0.995. The molecule has 0 atom stereocenters. The molecule has 0 aliphatic heterocycles. The molecule has 2 aromatic rings. The van der Waals surface area contributed by atoms with E-state index in [1.807, 2.05) is 6.92 Å². The van der Waals surface area contributed by atoms with Crippen LogP contribution in [0.25, 0.3) is 0 Å². The van der Waals surface area contributed by atoms with E-state index in [2.05, 4.69) is 10.3 Å². The number of nitrogens with two attached hydrogens (primary N) is 1. The molecule has 23 heavy (non-hydrogen) atoms. The standard InChI is InChI=1S/C16H16N4O3/c1-10-7-8-18-14(9-10)19-15(22)16(23)20(11(2)21)13-5-3-12(17)4-6-13/h3-9H,17H2,1-2H3,(H,18,19,22). The third kappa shape index (κ3) is 3.91. The summed E-state index contributed by atoms with van der Waals surface area (Å²) in [5.74, 6) is -2.28. The molecule has 0 unspecified atom stereocenters. The van der Waals surface area contributed by atoms with E-state index >= 15 is 0 Å². The van der Waals surface area contributed by atoms with E-state index in [9.17, 15) is 14.4 Å². The van der Waals surface area contributed by atoms with E-state index in [1.165, 1.54) is 25.3 Å². The fourth-order valence-electron chi connectivity index (χ4n) is 1.94. The predicted molar refractivity (Wildman–Crippen MR) is 86.6 cm³/mol. The summed E-state index contributed by atoms with van der Waals surface area (Å²) >= 11 is 0. The second-order valence-corrected chi connectivity index (χ2v) is 4.92. The van der Waals surface area contributed by atoms with Crippen molar-refractivity contribution in [3.05, 3.63) is 48.2 Å². The Kier molecular flexibility index (Phi) is 4.70. The molecule has 7 heteroatoms. The average molecular weight is 312 g/mol. The van der Waals surface area contributed by atoms with E-state index in [1.54, 1.807) is 24.3 Å². The second-order valence-electron chi connectivity index (χ2n) is 4.92. The van der Waals surface area contributed by atoms with Gasteiger partial charge in [-0.3, -0.25) is 14.4 Å². The fourth-order valence-corrected chi connectivity index (χ4v) is 1.94. The molecule has 0 saturated heterocycles. The van der Waals surface area contributed by atoms with Crippen LogP contribution in [0.3, 0.4) is 0 Å². The lowest BCUT2D eigenvalue weighted by Gasteiger charge is -2.18. The number of imide groups is 1. The minimum absolute atomic E-state index is 0.240. The van der Waals surface area contributed by atoms with Gasteiger partial charge in [0.1, 0.15) is 5.82 Å². The lowest BCUT2D eigenvalue weighted by Crippen LogP contribution is -2.42. The van der Waals surface area contributed by atoms with Crippen LogP contribution < -0.4 is 16.0 Å². The molecular formula is C16H16N4O3. The van der Waals surface area contributed by atoms with Gasteiger partial charge in [-0.15, -0.1) is 0 Å². The first-order valence-electron chi connectivity index (χ1n) is 6.82. The highest BCUT2D eigenvalue weighted by molar-refractivity contribution is 6.48. The van der Waals surface area contributed by atoms with Gasteiger partial charge >= 0.3 is 11.8 Å². The number of benzene rings is 1. The number of carbonyl (C=O) groups excluding carboxylic acids is 3. The van der Waals surface area contributed by atoms with Crippen molar-refractivity contribution in [1.82, 2.24) is 4.98 Å². The van der Waals surface area contributed by atoms with Gasteiger partial charge < -0.3 is 11.1 Å². The van der Waals surface area contributed by atoms with Gasteiger partial charge in [-0.05, 0) is 48.9 Å². The lowest BCUT2D eigenvalue weighted by atomic mass is 10.2. The van der Waals surface area contributed by atoms with Crippen molar-refractivity contribution in [1.29, 1.82) is 0 Å². The number of nitrogen functional groups attached to an aromatic ring is 1. The Bertz CT molecular complexity index is 756. The molecule has 0 fully saturated rings. The first kappa shape index (κ1) is 16.2. The maximum absolute atomic E-state index is 12.3. The summed E-state index contributed by atoms with van der Waals surface area (Å²) in [4.78, 5) is 40.9. The first-order chi connectivity index (χ1) is 10.9. The third-order valence-corrected chi connectivity index (χ3v) is 3.02. The van der Waals surface area contributed by atoms with Crippen LogP contribution in [0.1, 0.15) is 12.5 Å². The number of amides is 3. The van der Waals surface area contributed by atoms with Crippen LogP contribution in [0.15, 0.2) is 42.6 Å². The second kappa shape index (κ2) is 6.69. The Morgan fingerprint density at radius 3 is 2.35 bits per heavy atom. The lowest BCUT2D eigenvalue weighted by molar-refractivity contribution is -0.136. The number of aromatic nitrogens is 1. The largest absolute Gasteiger partial charge is 0.399 e. The summed E-state index contributed by atoms with van der Waals surface area (Å²) in [6.07, 6.45) is 1.51. The van der Waals surface area contributed by atoms with Crippen molar-refractivity contribution in [2.45, 2.75) is 13.8 Å². The average Bonchev–Trinajstić information content (AvgIpc) is 2.49. The zero-order valence-corrected chi connectivity index (χ0v) is 12.7. The van der Waals surface area contributed by atoms with Crippen LogP contribution >= 0.6 is 0 Å². The van der Waals surface area contributed by atoms with Gasteiger partial charge in [0.15, 0.2) is 0 Å². The van der Waals surface area contributed by atoms with Crippen LogP contribution in [0.4, 0.5) is 17.2 Å². The van der Waals surface area contributed by atoms with Gasteiger partial charge in [-0.2, -0.15) is 0 Å². The zero-order chi connectivity index (χ0) is 17.0. The predicted octanol–water partition coefficient (Wildman–Crippen LogP) is 1.49. The van der Waals surface area contributed by atoms with E-state index < -0.39 is 17.7 Å². The zero-order valence-electron chi connectivity index (χ0n) is 12.7. The summed E-state index contributed by atoms with van der Waals surface area (Å²) in [5.41, 5.74) is 7.21. The Morgan fingerprint density at radius 1 is 1.13 bits per heavy atom. The highest BCUT2D eigenvalue weighted by Crippen LogP contribution is 2.17. The fraction of sp³-hybridized carbons (Fsp3) is 0.125. The van der Waals surface area contributed by atoms with Crippen molar-refractivity contribution in [2.24, 2.45) is 0 Å². The molecule has 118 valence electrons. The monoisotopic (exact) mass is 312 g/mol. The Labute approximate surface area is 133 Å². The highest BCUT2D eigenvalue weighted by atomic mass is 16.2. The molecule has 3 N–H and O–H groups in total. The molecular weight excluding hydrogens is 296 g/mol. The van der Waals surface area contributed by atoms with Gasteiger partial charge in [0.2, 0.25) is 5.91 Å². The normalized spacial score (nSPS) is 10.0. The number of hydrogen-bond donors (Lipinski definition) is 2. The van der Waals surface area contributed by atoms with Crippen molar-refractivity contribution in [3.63, 3.8) is 0 Å². The van der Waals surface area contributed by atoms with Gasteiger partial charge in [0.05, 0.1) is 5.69 Å². The summed E-state index contributed by atoms with van der Waals surface area (Å²) < 4.78 is 0. The third-order valence-electron chi connectivity index (χ3n) is 3.02.